The van der Waals surface area contributed by atoms with Crippen LogP contribution in [0.3, 0.4) is 0 Å². The molecular formula is C19H12F2O. The van der Waals surface area contributed by atoms with E-state index in [-0.39, 0.29) is 5.56 Å². The zero-order valence-electron chi connectivity index (χ0n) is 11.6. The molecule has 0 amide bonds. The van der Waals surface area contributed by atoms with Gasteiger partial charge in [-0.25, -0.2) is 8.78 Å². The molecule has 0 fully saturated rings. The highest BCUT2D eigenvalue weighted by atomic mass is 19.1. The molecule has 3 aromatic rings. The third-order valence-electron chi connectivity index (χ3n) is 3.40. The van der Waals surface area contributed by atoms with Gasteiger partial charge in [-0.1, -0.05) is 42.5 Å². The average molecular weight is 294 g/mol. The Morgan fingerprint density at radius 2 is 1.64 bits per heavy atom. The minimum absolute atomic E-state index is 0.140. The summed E-state index contributed by atoms with van der Waals surface area (Å²) in [4.78, 5) is 12.0. The molecule has 0 heterocycles. The van der Waals surface area contributed by atoms with Crippen LogP contribution in [0.1, 0.15) is 15.9 Å². The van der Waals surface area contributed by atoms with Crippen LogP contribution < -0.4 is 0 Å². The second-order valence-corrected chi connectivity index (χ2v) is 4.93. The van der Waals surface area contributed by atoms with Crippen molar-refractivity contribution in [1.82, 2.24) is 0 Å². The van der Waals surface area contributed by atoms with Gasteiger partial charge >= 0.3 is 0 Å². The first kappa shape index (κ1) is 14.1. The summed E-state index contributed by atoms with van der Waals surface area (Å²) in [6, 6.07) is 16.6. The Morgan fingerprint density at radius 1 is 0.864 bits per heavy atom. The fraction of sp³-hybridized carbons (Fsp3) is 0. The zero-order chi connectivity index (χ0) is 15.5. The van der Waals surface area contributed by atoms with E-state index in [1.165, 1.54) is 6.08 Å². The Morgan fingerprint density at radius 3 is 2.41 bits per heavy atom. The van der Waals surface area contributed by atoms with Gasteiger partial charge in [0.25, 0.3) is 0 Å². The molecule has 0 N–H and O–H groups in total. The van der Waals surface area contributed by atoms with Gasteiger partial charge in [0.05, 0.1) is 5.56 Å². The van der Waals surface area contributed by atoms with Crippen molar-refractivity contribution in [2.24, 2.45) is 0 Å². The first-order valence-corrected chi connectivity index (χ1v) is 6.80. The summed E-state index contributed by atoms with van der Waals surface area (Å²) in [5.41, 5.74) is 0.702. The number of hydrogen-bond donors (Lipinski definition) is 0. The molecule has 0 saturated carbocycles. The summed E-state index contributed by atoms with van der Waals surface area (Å²) in [5, 5.41) is 2.17. The van der Waals surface area contributed by atoms with E-state index in [1.54, 1.807) is 6.08 Å². The lowest BCUT2D eigenvalue weighted by molar-refractivity contribution is 0.104. The van der Waals surface area contributed by atoms with Gasteiger partial charge < -0.3 is 0 Å². The highest BCUT2D eigenvalue weighted by molar-refractivity contribution is 6.07. The standard InChI is InChI=1S/C19H12F2O/c20-16-8-9-17(18(21)12-16)19(22)10-6-13-5-7-14-3-1-2-4-15(14)11-13/h1-12H. The first-order valence-electron chi connectivity index (χ1n) is 6.80. The third kappa shape index (κ3) is 2.93. The quantitative estimate of drug-likeness (QED) is 0.490. The van der Waals surface area contributed by atoms with Gasteiger partial charge in [0.15, 0.2) is 5.78 Å². The summed E-state index contributed by atoms with van der Waals surface area (Å²) >= 11 is 0. The smallest absolute Gasteiger partial charge is 0.188 e. The molecule has 3 aromatic carbocycles. The lowest BCUT2D eigenvalue weighted by atomic mass is 10.1. The Hall–Kier alpha value is -2.81. The number of fused-ring (bicyclic) bond motifs is 1. The summed E-state index contributed by atoms with van der Waals surface area (Å²) in [7, 11) is 0. The summed E-state index contributed by atoms with van der Waals surface area (Å²) in [6.45, 7) is 0. The largest absolute Gasteiger partial charge is 0.289 e. The average Bonchev–Trinajstić information content (AvgIpc) is 2.52. The van der Waals surface area contributed by atoms with Crippen LogP contribution in [0.2, 0.25) is 0 Å². The second kappa shape index (κ2) is 5.90. The number of benzene rings is 3. The predicted molar refractivity (Wildman–Crippen MR) is 83.7 cm³/mol. The molecule has 0 radical (unpaired) electrons. The Kier molecular flexibility index (Phi) is 3.79. The van der Waals surface area contributed by atoms with Crippen LogP contribution >= 0.6 is 0 Å². The number of allylic oxidation sites excluding steroid dienone is 1. The van der Waals surface area contributed by atoms with Crippen LogP contribution in [0.15, 0.2) is 66.7 Å². The van der Waals surface area contributed by atoms with Crippen LogP contribution in [0.25, 0.3) is 16.8 Å². The van der Waals surface area contributed by atoms with E-state index < -0.39 is 17.4 Å². The van der Waals surface area contributed by atoms with Crippen molar-refractivity contribution in [3.8, 4) is 0 Å². The fourth-order valence-electron chi connectivity index (χ4n) is 2.26. The zero-order valence-corrected chi connectivity index (χ0v) is 11.6. The van der Waals surface area contributed by atoms with E-state index in [0.717, 1.165) is 28.5 Å². The van der Waals surface area contributed by atoms with E-state index in [0.29, 0.717) is 6.07 Å². The SMILES string of the molecule is O=C(C=Cc1ccc2ccccc2c1)c1ccc(F)cc1F. The van der Waals surface area contributed by atoms with Crippen molar-refractivity contribution >= 4 is 22.6 Å². The minimum atomic E-state index is -0.854. The topological polar surface area (TPSA) is 17.1 Å². The normalized spacial score (nSPS) is 11.2. The summed E-state index contributed by atoms with van der Waals surface area (Å²) < 4.78 is 26.4. The van der Waals surface area contributed by atoms with Crippen molar-refractivity contribution in [2.75, 3.05) is 0 Å². The lowest BCUT2D eigenvalue weighted by Crippen LogP contribution is -1.99. The van der Waals surface area contributed by atoms with Crippen molar-refractivity contribution in [3.63, 3.8) is 0 Å². The Balaban J connectivity index is 1.87. The maximum absolute atomic E-state index is 13.5. The molecule has 0 aromatic heterocycles. The van der Waals surface area contributed by atoms with E-state index in [4.69, 9.17) is 0 Å². The van der Waals surface area contributed by atoms with Crippen molar-refractivity contribution < 1.29 is 13.6 Å². The van der Waals surface area contributed by atoms with Gasteiger partial charge in [-0.3, -0.25) is 4.79 Å². The van der Waals surface area contributed by atoms with Crippen molar-refractivity contribution in [2.45, 2.75) is 0 Å². The lowest BCUT2D eigenvalue weighted by Gasteiger charge is -2.00. The number of carbonyl (C=O) groups is 1. The van der Waals surface area contributed by atoms with Crippen LogP contribution in [0.5, 0.6) is 0 Å². The third-order valence-corrected chi connectivity index (χ3v) is 3.40. The Bertz CT molecular complexity index is 881. The Labute approximate surface area is 126 Å². The molecular weight excluding hydrogens is 282 g/mol. The molecule has 3 rings (SSSR count). The number of carbonyl (C=O) groups excluding carboxylic acids is 1. The predicted octanol–water partition coefficient (Wildman–Crippen LogP) is 5.01. The molecule has 0 spiro atoms. The number of ketones is 1. The fourth-order valence-corrected chi connectivity index (χ4v) is 2.26. The summed E-state index contributed by atoms with van der Waals surface area (Å²) in [6.07, 6.45) is 2.91. The van der Waals surface area contributed by atoms with Crippen LogP contribution in [-0.4, -0.2) is 5.78 Å². The maximum atomic E-state index is 13.5. The molecule has 22 heavy (non-hydrogen) atoms. The first-order chi connectivity index (χ1) is 10.6. The molecule has 0 atom stereocenters. The van der Waals surface area contributed by atoms with Crippen LogP contribution in [0.4, 0.5) is 8.78 Å². The van der Waals surface area contributed by atoms with Crippen molar-refractivity contribution in [3.05, 3.63) is 89.5 Å². The maximum Gasteiger partial charge on any atom is 0.188 e. The van der Waals surface area contributed by atoms with Crippen LogP contribution in [-0.2, 0) is 0 Å². The second-order valence-electron chi connectivity index (χ2n) is 4.93. The molecule has 0 unspecified atom stereocenters. The van der Waals surface area contributed by atoms with E-state index >= 15 is 0 Å². The van der Waals surface area contributed by atoms with Gasteiger partial charge in [-0.05, 0) is 40.6 Å². The molecule has 0 aliphatic carbocycles. The number of rotatable bonds is 3. The van der Waals surface area contributed by atoms with Gasteiger partial charge in [0, 0.05) is 6.07 Å². The monoisotopic (exact) mass is 294 g/mol. The minimum Gasteiger partial charge on any atom is -0.289 e. The molecule has 108 valence electrons. The number of halogens is 2. The van der Waals surface area contributed by atoms with Gasteiger partial charge in [-0.2, -0.15) is 0 Å². The highest BCUT2D eigenvalue weighted by Crippen LogP contribution is 2.17. The molecule has 0 aliphatic heterocycles. The van der Waals surface area contributed by atoms with E-state index in [9.17, 15) is 13.6 Å². The number of hydrogen-bond acceptors (Lipinski definition) is 1. The summed E-state index contributed by atoms with van der Waals surface area (Å²) in [5.74, 6) is -2.05. The molecule has 0 aliphatic rings. The van der Waals surface area contributed by atoms with E-state index in [2.05, 4.69) is 0 Å². The van der Waals surface area contributed by atoms with Gasteiger partial charge in [-0.15, -0.1) is 0 Å². The highest BCUT2D eigenvalue weighted by Gasteiger charge is 2.09. The van der Waals surface area contributed by atoms with E-state index in [1.807, 2.05) is 42.5 Å². The molecule has 1 nitrogen and oxygen atoms in total. The molecule has 0 bridgehead atoms. The van der Waals surface area contributed by atoms with Crippen LogP contribution in [0, 0.1) is 11.6 Å². The van der Waals surface area contributed by atoms with Gasteiger partial charge in [0.2, 0.25) is 0 Å². The molecule has 0 saturated heterocycles. The van der Waals surface area contributed by atoms with Gasteiger partial charge in [0.1, 0.15) is 11.6 Å². The molecule has 3 heteroatoms. The van der Waals surface area contributed by atoms with Crippen molar-refractivity contribution in [1.29, 1.82) is 0 Å².